The van der Waals surface area contributed by atoms with E-state index in [4.69, 9.17) is 17.3 Å². The van der Waals surface area contributed by atoms with Crippen LogP contribution in [0.3, 0.4) is 0 Å². The highest BCUT2D eigenvalue weighted by molar-refractivity contribution is 6.33. The number of para-hydroxylation sites is 1. The maximum Gasteiger partial charge on any atom is 0.322 e. The van der Waals surface area contributed by atoms with E-state index in [1.54, 1.807) is 17.0 Å². The van der Waals surface area contributed by atoms with Gasteiger partial charge in [-0.25, -0.2) is 4.79 Å². The molecule has 2 aliphatic heterocycles. The van der Waals surface area contributed by atoms with E-state index < -0.39 is 0 Å². The number of piperidine rings is 1. The Kier molecular flexibility index (Phi) is 9.12. The first-order valence-corrected chi connectivity index (χ1v) is 13.7. The summed E-state index contributed by atoms with van der Waals surface area (Å²) in [6.07, 6.45) is 2.20. The average Bonchev–Trinajstić information content (AvgIpc) is 3.10. The summed E-state index contributed by atoms with van der Waals surface area (Å²) in [6.45, 7) is 8.05. The van der Waals surface area contributed by atoms with E-state index in [-0.39, 0.29) is 30.4 Å². The monoisotopic (exact) mass is 540 g/mol. The molecule has 1 saturated heterocycles. The van der Waals surface area contributed by atoms with Crippen LogP contribution in [0.4, 0.5) is 16.2 Å². The molecule has 0 radical (unpaired) electrons. The van der Waals surface area contributed by atoms with E-state index in [9.17, 15) is 14.4 Å². The van der Waals surface area contributed by atoms with Crippen molar-refractivity contribution >= 4 is 40.8 Å². The molecule has 1 fully saturated rings. The largest absolute Gasteiger partial charge is 0.397 e. The first-order chi connectivity index (χ1) is 18.3. The number of hydrogen-bond acceptors (Lipinski definition) is 5. The zero-order valence-corrected chi connectivity index (χ0v) is 22.9. The minimum atomic E-state index is -0.364. The Morgan fingerprint density at radius 1 is 1.13 bits per heavy atom. The van der Waals surface area contributed by atoms with Gasteiger partial charge in [0.2, 0.25) is 5.91 Å². The summed E-state index contributed by atoms with van der Waals surface area (Å²) in [5.41, 5.74) is 9.80. The number of anilines is 2. The third kappa shape index (κ3) is 6.39. The Bertz CT molecular complexity index is 1180. The maximum atomic E-state index is 12.9. The molecule has 2 aromatic carbocycles. The molecule has 0 aromatic heterocycles. The second-order valence-electron chi connectivity index (χ2n) is 9.82. The van der Waals surface area contributed by atoms with Crippen LogP contribution in [0, 0.1) is 0 Å². The molecule has 0 unspecified atom stereocenters. The lowest BCUT2D eigenvalue weighted by molar-refractivity contribution is -0.131. The van der Waals surface area contributed by atoms with Gasteiger partial charge in [0, 0.05) is 43.5 Å². The molecule has 0 bridgehead atoms. The van der Waals surface area contributed by atoms with E-state index in [1.807, 2.05) is 29.2 Å². The minimum Gasteiger partial charge on any atom is -0.397 e. The number of nitrogens with two attached hydrogens (primary N) is 1. The number of likely N-dealkylation sites (tertiary alicyclic amines) is 1. The first kappa shape index (κ1) is 27.7. The van der Waals surface area contributed by atoms with Crippen molar-refractivity contribution in [2.45, 2.75) is 45.7 Å². The van der Waals surface area contributed by atoms with Crippen LogP contribution in [0.1, 0.15) is 48.2 Å². The van der Waals surface area contributed by atoms with Crippen LogP contribution in [0.2, 0.25) is 5.02 Å². The first-order valence-electron chi connectivity index (χ1n) is 13.3. The summed E-state index contributed by atoms with van der Waals surface area (Å²) in [5.74, 6) is -0.508. The van der Waals surface area contributed by atoms with Gasteiger partial charge < -0.3 is 26.2 Å². The summed E-state index contributed by atoms with van der Waals surface area (Å²) in [5, 5.41) is 6.08. The number of nitrogens with zero attached hydrogens (tertiary/aromatic N) is 3. The van der Waals surface area contributed by atoms with Gasteiger partial charge in [-0.15, -0.1) is 0 Å². The van der Waals surface area contributed by atoms with Crippen molar-refractivity contribution in [2.24, 2.45) is 0 Å². The van der Waals surface area contributed by atoms with Crippen LogP contribution in [0.15, 0.2) is 36.4 Å². The molecule has 0 aliphatic carbocycles. The van der Waals surface area contributed by atoms with Crippen LogP contribution in [-0.2, 0) is 17.8 Å². The summed E-state index contributed by atoms with van der Waals surface area (Å²) in [4.78, 5) is 44.4. The van der Waals surface area contributed by atoms with E-state index in [0.29, 0.717) is 55.3 Å². The zero-order valence-electron chi connectivity index (χ0n) is 22.1. The quantitative estimate of drug-likeness (QED) is 0.443. The highest BCUT2D eigenvalue weighted by Crippen LogP contribution is 2.27. The van der Waals surface area contributed by atoms with Gasteiger partial charge in [0.1, 0.15) is 0 Å². The van der Waals surface area contributed by atoms with Crippen LogP contribution in [0.25, 0.3) is 0 Å². The van der Waals surface area contributed by atoms with Crippen molar-refractivity contribution in [1.82, 2.24) is 20.0 Å². The fourth-order valence-corrected chi connectivity index (χ4v) is 5.40. The molecule has 204 valence electrons. The predicted octanol–water partition coefficient (Wildman–Crippen LogP) is 3.58. The molecule has 4 rings (SSSR count). The zero-order chi connectivity index (χ0) is 27.2. The fraction of sp³-hybridized carbons (Fsp3) is 0.464. The predicted molar refractivity (Wildman–Crippen MR) is 150 cm³/mol. The maximum absolute atomic E-state index is 12.9. The number of fused-ring (bicyclic) bond motifs is 1. The van der Waals surface area contributed by atoms with Crippen LogP contribution in [-0.4, -0.2) is 77.9 Å². The molecule has 2 heterocycles. The van der Waals surface area contributed by atoms with Crippen LogP contribution >= 0.6 is 11.6 Å². The molecule has 0 saturated carbocycles. The van der Waals surface area contributed by atoms with Crippen molar-refractivity contribution in [1.29, 1.82) is 0 Å². The lowest BCUT2D eigenvalue weighted by atomic mass is 10.0. The van der Waals surface area contributed by atoms with E-state index in [1.165, 1.54) is 0 Å². The van der Waals surface area contributed by atoms with E-state index in [0.717, 1.165) is 36.3 Å². The number of carbonyl (C=O) groups is 3. The number of hydrogen-bond donors (Lipinski definition) is 3. The Morgan fingerprint density at radius 2 is 1.84 bits per heavy atom. The third-order valence-electron chi connectivity index (χ3n) is 7.57. The number of halogens is 1. The lowest BCUT2D eigenvalue weighted by Gasteiger charge is -2.38. The molecular weight excluding hydrogens is 504 g/mol. The van der Waals surface area contributed by atoms with Gasteiger partial charge in [-0.05, 0) is 61.7 Å². The average molecular weight is 541 g/mol. The van der Waals surface area contributed by atoms with Gasteiger partial charge >= 0.3 is 6.03 Å². The second kappa shape index (κ2) is 12.5. The molecule has 4 N–H and O–H groups in total. The molecule has 38 heavy (non-hydrogen) atoms. The second-order valence-corrected chi connectivity index (χ2v) is 10.2. The van der Waals surface area contributed by atoms with Crippen molar-refractivity contribution in [3.8, 4) is 0 Å². The topological polar surface area (TPSA) is 111 Å². The number of carbonyl (C=O) groups excluding carboxylic acids is 3. The molecule has 2 aromatic rings. The van der Waals surface area contributed by atoms with Crippen LogP contribution < -0.4 is 16.4 Å². The Morgan fingerprint density at radius 3 is 2.55 bits per heavy atom. The van der Waals surface area contributed by atoms with Crippen molar-refractivity contribution < 1.29 is 14.4 Å². The lowest BCUT2D eigenvalue weighted by Crippen LogP contribution is -2.51. The van der Waals surface area contributed by atoms with Gasteiger partial charge in [-0.1, -0.05) is 43.6 Å². The van der Waals surface area contributed by atoms with E-state index >= 15 is 0 Å². The Balaban J connectivity index is 1.29. The molecule has 9 nitrogen and oxygen atoms in total. The van der Waals surface area contributed by atoms with Gasteiger partial charge in [-0.2, -0.15) is 0 Å². The van der Waals surface area contributed by atoms with Crippen molar-refractivity contribution in [3.05, 3.63) is 58.1 Å². The molecule has 0 spiro atoms. The molecule has 10 heteroatoms. The van der Waals surface area contributed by atoms with Gasteiger partial charge in [0.25, 0.3) is 5.91 Å². The number of nitrogens with one attached hydrogen (secondary N) is 2. The van der Waals surface area contributed by atoms with Gasteiger partial charge in [0.15, 0.2) is 0 Å². The molecule has 4 amide bonds. The van der Waals surface area contributed by atoms with E-state index in [2.05, 4.69) is 29.4 Å². The molecular formula is C28H37ClN6O3. The van der Waals surface area contributed by atoms with Gasteiger partial charge in [0.05, 0.1) is 17.3 Å². The highest BCUT2D eigenvalue weighted by Gasteiger charge is 2.31. The number of nitrogen functional groups attached to an aromatic ring is 1. The number of benzene rings is 2. The number of amides is 4. The number of urea groups is 1. The molecule has 0 atom stereocenters. The summed E-state index contributed by atoms with van der Waals surface area (Å²) in [7, 11) is 0. The van der Waals surface area contributed by atoms with Gasteiger partial charge in [-0.3, -0.25) is 14.5 Å². The van der Waals surface area contributed by atoms with Crippen LogP contribution in [0.5, 0.6) is 0 Å². The number of rotatable bonds is 8. The summed E-state index contributed by atoms with van der Waals surface area (Å²) in [6, 6.07) is 11.1. The Labute approximate surface area is 229 Å². The third-order valence-corrected chi connectivity index (χ3v) is 7.88. The standard InChI is InChI=1S/C28H37ClN6O3/c1-3-33(4-2)18-21-15-20(16-23(29)26(21)30)27(37)31-17-25(36)34-12-10-22(11-13-34)35-14-9-19-7-5-6-8-24(19)32-28(35)38/h5-8,15-16,22H,3-4,9-14,17-18,30H2,1-2H3,(H,31,37)(H,32,38). The summed E-state index contributed by atoms with van der Waals surface area (Å²) >= 11 is 6.31. The SMILES string of the molecule is CCN(CC)Cc1cc(C(=O)NCC(=O)N2CCC(N3CCc4ccccc4NC3=O)CC2)cc(Cl)c1N. The minimum absolute atomic E-state index is 0.0732. The van der Waals surface area contributed by atoms with Crippen molar-refractivity contribution in [3.63, 3.8) is 0 Å². The smallest absolute Gasteiger partial charge is 0.322 e. The fourth-order valence-electron chi connectivity index (χ4n) is 5.16. The normalized spacial score (nSPS) is 16.2. The Hall–Kier alpha value is -3.30. The summed E-state index contributed by atoms with van der Waals surface area (Å²) < 4.78 is 0. The molecule has 2 aliphatic rings. The van der Waals surface area contributed by atoms with Crippen molar-refractivity contribution in [2.75, 3.05) is 50.3 Å². The highest BCUT2D eigenvalue weighted by atomic mass is 35.5.